The van der Waals surface area contributed by atoms with Crippen molar-refractivity contribution in [3.63, 3.8) is 0 Å². The lowest BCUT2D eigenvalue weighted by Crippen LogP contribution is -2.44. The van der Waals surface area contributed by atoms with Crippen LogP contribution in [-0.4, -0.2) is 32.7 Å². The number of amides is 1. The normalized spacial score (nSPS) is 11.7. The first kappa shape index (κ1) is 15.7. The van der Waals surface area contributed by atoms with E-state index in [0.717, 1.165) is 16.3 Å². The first-order valence-corrected chi connectivity index (χ1v) is 7.72. The van der Waals surface area contributed by atoms with E-state index in [9.17, 15) is 4.79 Å². The number of carbonyl (C=O) groups excluding carboxylic acids is 1. The van der Waals surface area contributed by atoms with Crippen LogP contribution < -0.4 is 5.32 Å². The highest BCUT2D eigenvalue weighted by atomic mass is 32.1. The van der Waals surface area contributed by atoms with Crippen molar-refractivity contribution in [3.8, 4) is 11.3 Å². The summed E-state index contributed by atoms with van der Waals surface area (Å²) in [6, 6.07) is 1.85. The molecule has 0 bridgehead atoms. The second-order valence-electron chi connectivity index (χ2n) is 5.79. The Labute approximate surface area is 128 Å². The van der Waals surface area contributed by atoms with E-state index >= 15 is 0 Å². The number of aromatic nitrogens is 2. The molecule has 0 aliphatic carbocycles. The van der Waals surface area contributed by atoms with Gasteiger partial charge in [-0.15, -0.1) is 11.3 Å². The Bertz CT molecular complexity index is 643. The fourth-order valence-corrected chi connectivity index (χ4v) is 2.76. The molecular formula is C15H21N3O2S. The second-order valence-corrected chi connectivity index (χ2v) is 6.85. The summed E-state index contributed by atoms with van der Waals surface area (Å²) in [7, 11) is 1.84. The summed E-state index contributed by atoms with van der Waals surface area (Å²) < 4.78 is 1.80. The Morgan fingerprint density at radius 1 is 1.52 bits per heavy atom. The highest BCUT2D eigenvalue weighted by molar-refractivity contribution is 7.09. The minimum Gasteiger partial charge on any atom is -0.396 e. The number of hydrogen-bond acceptors (Lipinski definition) is 4. The van der Waals surface area contributed by atoms with Crippen LogP contribution in [0.1, 0.15) is 35.8 Å². The summed E-state index contributed by atoms with van der Waals surface area (Å²) in [6.07, 6.45) is 2.42. The van der Waals surface area contributed by atoms with Crippen molar-refractivity contribution in [3.05, 3.63) is 28.3 Å². The lowest BCUT2D eigenvalue weighted by atomic mass is 10.0. The topological polar surface area (TPSA) is 67.2 Å². The van der Waals surface area contributed by atoms with Gasteiger partial charge in [0.2, 0.25) is 0 Å². The molecule has 0 fully saturated rings. The molecule has 0 aromatic carbocycles. The molecule has 1 amide bonds. The lowest BCUT2D eigenvalue weighted by Gasteiger charge is -2.25. The third-order valence-electron chi connectivity index (χ3n) is 3.34. The van der Waals surface area contributed by atoms with Gasteiger partial charge in [0.25, 0.3) is 5.91 Å². The third kappa shape index (κ3) is 3.71. The number of thiazole rings is 1. The highest BCUT2D eigenvalue weighted by Crippen LogP contribution is 2.23. The maximum Gasteiger partial charge on any atom is 0.268 e. The minimum atomic E-state index is -0.437. The molecule has 0 saturated carbocycles. The molecule has 0 spiro atoms. The molecule has 2 aromatic rings. The average Bonchev–Trinajstić information content (AvgIpc) is 2.94. The Hall–Kier alpha value is -1.66. The molecule has 0 atom stereocenters. The van der Waals surface area contributed by atoms with Crippen LogP contribution in [0.4, 0.5) is 0 Å². The van der Waals surface area contributed by atoms with Crippen LogP contribution in [0.15, 0.2) is 17.6 Å². The van der Waals surface area contributed by atoms with Crippen molar-refractivity contribution in [2.75, 3.05) is 6.61 Å². The first-order chi connectivity index (χ1) is 9.82. The zero-order valence-electron chi connectivity index (χ0n) is 12.8. The molecule has 2 rings (SSSR count). The number of aliphatic hydroxyl groups is 1. The molecular weight excluding hydrogens is 286 g/mol. The molecule has 0 unspecified atom stereocenters. The van der Waals surface area contributed by atoms with Gasteiger partial charge >= 0.3 is 0 Å². The van der Waals surface area contributed by atoms with Crippen molar-refractivity contribution in [2.24, 2.45) is 7.05 Å². The third-order valence-corrected chi connectivity index (χ3v) is 4.11. The van der Waals surface area contributed by atoms with Crippen molar-refractivity contribution < 1.29 is 9.90 Å². The number of aryl methyl sites for hydroxylation is 2. The van der Waals surface area contributed by atoms with Crippen LogP contribution in [0.2, 0.25) is 0 Å². The van der Waals surface area contributed by atoms with Gasteiger partial charge in [0, 0.05) is 36.3 Å². The number of rotatable bonds is 5. The summed E-state index contributed by atoms with van der Waals surface area (Å²) in [5.74, 6) is -0.144. The van der Waals surface area contributed by atoms with Gasteiger partial charge < -0.3 is 15.0 Å². The summed E-state index contributed by atoms with van der Waals surface area (Å²) >= 11 is 1.59. The molecule has 5 nitrogen and oxygen atoms in total. The van der Waals surface area contributed by atoms with Crippen molar-refractivity contribution >= 4 is 17.2 Å². The predicted octanol–water partition coefficient (Wildman–Crippen LogP) is 2.35. The largest absolute Gasteiger partial charge is 0.396 e. The quantitative estimate of drug-likeness (QED) is 0.891. The zero-order valence-corrected chi connectivity index (χ0v) is 13.6. The maximum atomic E-state index is 12.4. The Kier molecular flexibility index (Phi) is 4.49. The van der Waals surface area contributed by atoms with Gasteiger partial charge in [-0.2, -0.15) is 0 Å². The van der Waals surface area contributed by atoms with E-state index < -0.39 is 5.54 Å². The summed E-state index contributed by atoms with van der Waals surface area (Å²) in [5, 5.41) is 15.0. The summed E-state index contributed by atoms with van der Waals surface area (Å²) in [4.78, 5) is 16.8. The fourth-order valence-electron chi connectivity index (χ4n) is 2.14. The van der Waals surface area contributed by atoms with Crippen LogP contribution >= 0.6 is 11.3 Å². The lowest BCUT2D eigenvalue weighted by molar-refractivity contribution is 0.0891. The molecule has 6 heteroatoms. The highest BCUT2D eigenvalue weighted by Gasteiger charge is 2.22. The minimum absolute atomic E-state index is 0.0454. The number of nitrogens with zero attached hydrogens (tertiary/aromatic N) is 2. The second kappa shape index (κ2) is 5.99. The molecule has 0 radical (unpaired) electrons. The monoisotopic (exact) mass is 307 g/mol. The fraction of sp³-hybridized carbons (Fsp3) is 0.467. The Morgan fingerprint density at radius 3 is 2.81 bits per heavy atom. The predicted molar refractivity (Wildman–Crippen MR) is 84.5 cm³/mol. The van der Waals surface area contributed by atoms with Crippen molar-refractivity contribution in [2.45, 2.75) is 32.7 Å². The van der Waals surface area contributed by atoms with Gasteiger partial charge in [0.05, 0.1) is 10.7 Å². The van der Waals surface area contributed by atoms with Gasteiger partial charge in [-0.3, -0.25) is 4.79 Å². The molecule has 21 heavy (non-hydrogen) atoms. The summed E-state index contributed by atoms with van der Waals surface area (Å²) in [6.45, 7) is 5.80. The molecule has 0 aliphatic rings. The van der Waals surface area contributed by atoms with Gasteiger partial charge in [-0.05, 0) is 33.3 Å². The molecule has 2 aromatic heterocycles. The SMILES string of the molecule is Cc1nc(-c2cc(C(=O)NC(C)(C)CCO)n(C)c2)cs1. The van der Waals surface area contributed by atoms with E-state index in [4.69, 9.17) is 5.11 Å². The van der Waals surface area contributed by atoms with Gasteiger partial charge in [-0.1, -0.05) is 0 Å². The Morgan fingerprint density at radius 2 is 2.24 bits per heavy atom. The van der Waals surface area contributed by atoms with E-state index in [0.29, 0.717) is 12.1 Å². The number of carbonyl (C=O) groups is 1. The molecule has 114 valence electrons. The number of nitrogens with one attached hydrogen (secondary N) is 1. The number of aliphatic hydroxyl groups excluding tert-OH is 1. The van der Waals surface area contributed by atoms with Crippen LogP contribution in [0, 0.1) is 6.92 Å². The van der Waals surface area contributed by atoms with Crippen molar-refractivity contribution in [1.82, 2.24) is 14.9 Å². The number of hydrogen-bond donors (Lipinski definition) is 2. The van der Waals surface area contributed by atoms with E-state index in [1.807, 2.05) is 45.5 Å². The molecule has 0 aliphatic heterocycles. The summed E-state index contributed by atoms with van der Waals surface area (Å²) in [5.41, 5.74) is 1.98. The Balaban J connectivity index is 2.21. The smallest absolute Gasteiger partial charge is 0.268 e. The molecule has 2 N–H and O–H groups in total. The molecule has 2 heterocycles. The van der Waals surface area contributed by atoms with Gasteiger partial charge in [-0.25, -0.2) is 4.98 Å². The first-order valence-electron chi connectivity index (χ1n) is 6.84. The van der Waals surface area contributed by atoms with Crippen LogP contribution in [0.3, 0.4) is 0 Å². The van der Waals surface area contributed by atoms with Crippen LogP contribution in [0.5, 0.6) is 0 Å². The van der Waals surface area contributed by atoms with Crippen molar-refractivity contribution in [1.29, 1.82) is 0 Å². The zero-order chi connectivity index (χ0) is 15.6. The maximum absolute atomic E-state index is 12.4. The van der Waals surface area contributed by atoms with E-state index in [1.165, 1.54) is 0 Å². The van der Waals surface area contributed by atoms with Gasteiger partial charge in [0.15, 0.2) is 0 Å². The molecule has 0 saturated heterocycles. The van der Waals surface area contributed by atoms with Crippen LogP contribution in [0.25, 0.3) is 11.3 Å². The van der Waals surface area contributed by atoms with Crippen LogP contribution in [-0.2, 0) is 7.05 Å². The van der Waals surface area contributed by atoms with Gasteiger partial charge in [0.1, 0.15) is 5.69 Å². The average molecular weight is 307 g/mol. The van der Waals surface area contributed by atoms with E-state index in [-0.39, 0.29) is 12.5 Å². The van der Waals surface area contributed by atoms with E-state index in [2.05, 4.69) is 10.3 Å². The van der Waals surface area contributed by atoms with E-state index in [1.54, 1.807) is 15.9 Å². The standard InChI is InChI=1S/C15H21N3O2S/c1-10-16-12(9-21-10)11-7-13(18(4)8-11)14(20)17-15(2,3)5-6-19/h7-9,19H,5-6H2,1-4H3,(H,17,20).